The lowest BCUT2D eigenvalue weighted by atomic mass is 10.0. The van der Waals surface area contributed by atoms with Gasteiger partial charge >= 0.3 is 11.9 Å². The van der Waals surface area contributed by atoms with Crippen LogP contribution in [0.4, 0.5) is 0 Å². The maximum absolute atomic E-state index is 13.0. The van der Waals surface area contributed by atoms with Crippen molar-refractivity contribution in [3.8, 4) is 0 Å². The summed E-state index contributed by atoms with van der Waals surface area (Å²) in [5.41, 5.74) is 0. The predicted molar refractivity (Wildman–Crippen MR) is 416 cm³/mol. The lowest BCUT2D eigenvalue weighted by molar-refractivity contribution is -0.870. The molecule has 2 unspecified atom stereocenters. The van der Waals surface area contributed by atoms with Crippen molar-refractivity contribution in [3.63, 3.8) is 0 Å². The molecule has 0 fully saturated rings. The van der Waals surface area contributed by atoms with Crippen LogP contribution in [0.5, 0.6) is 0 Å². The number of quaternary nitrogens is 1. The second kappa shape index (κ2) is 76.7. The Bertz CT molecular complexity index is 2160. The molecule has 0 N–H and O–H groups in total. The normalized spacial score (nSPS) is 13.5. The summed E-state index contributed by atoms with van der Waals surface area (Å²) in [4.78, 5) is 37.6. The Hall–Kier alpha value is -5.09. The Morgan fingerprint density at radius 1 is 0.320 bits per heavy atom. The number of carboxylic acids is 1. The lowest BCUT2D eigenvalue weighted by Gasteiger charge is -2.26. The fourth-order valence-electron chi connectivity index (χ4n) is 10.8. The number of ether oxygens (including phenoxy) is 4. The summed E-state index contributed by atoms with van der Waals surface area (Å²) < 4.78 is 22.8. The van der Waals surface area contributed by atoms with Crippen LogP contribution in [0, 0.1) is 0 Å². The van der Waals surface area contributed by atoms with Gasteiger partial charge in [-0.2, -0.15) is 0 Å². The SMILES string of the molecule is CC/C=C\C/C=C\C/C=C\C/C=C\C/C=C\C/C=C\C/C=C\C/C=C\C/C=C\C/C=C\C/C=C\CCCCCCCC(=O)OC(COC(=O)CCCCCCCCCCCCCCCCCCCCCCC/C=C\C/C=C\CCCCCCC)COC(OCC[N+](C)(C)C)C(=O)[O-]. The highest BCUT2D eigenvalue weighted by molar-refractivity contribution is 5.70. The molecule has 9 nitrogen and oxygen atoms in total. The van der Waals surface area contributed by atoms with Crippen molar-refractivity contribution < 1.29 is 42.9 Å². The van der Waals surface area contributed by atoms with E-state index >= 15 is 0 Å². The first-order valence-corrected chi connectivity index (χ1v) is 39.6. The summed E-state index contributed by atoms with van der Waals surface area (Å²) in [7, 11) is 5.92. The highest BCUT2D eigenvalue weighted by atomic mass is 16.7. The maximum atomic E-state index is 13.0. The maximum Gasteiger partial charge on any atom is 0.306 e. The van der Waals surface area contributed by atoms with Crippen LogP contribution in [-0.2, 0) is 33.3 Å². The molecule has 0 aromatic carbocycles. The second-order valence-corrected chi connectivity index (χ2v) is 27.3. The van der Waals surface area contributed by atoms with E-state index in [2.05, 4.69) is 172 Å². The van der Waals surface area contributed by atoms with Crippen molar-refractivity contribution >= 4 is 17.9 Å². The van der Waals surface area contributed by atoms with Gasteiger partial charge in [-0.15, -0.1) is 0 Å². The number of hydrogen-bond acceptors (Lipinski definition) is 8. The third-order valence-electron chi connectivity index (χ3n) is 16.8. The molecule has 0 saturated carbocycles. The molecular formula is C88H147NO8. The molecule has 0 bridgehead atoms. The minimum Gasteiger partial charge on any atom is -0.545 e. The molecule has 97 heavy (non-hydrogen) atoms. The van der Waals surface area contributed by atoms with Gasteiger partial charge in [-0.3, -0.25) is 9.59 Å². The van der Waals surface area contributed by atoms with Gasteiger partial charge in [0.15, 0.2) is 12.4 Å². The quantitative estimate of drug-likeness (QED) is 0.0195. The average molecular weight is 1350 g/mol. The first kappa shape index (κ1) is 91.9. The molecule has 9 heteroatoms. The van der Waals surface area contributed by atoms with Gasteiger partial charge in [0, 0.05) is 12.8 Å². The first-order valence-electron chi connectivity index (χ1n) is 39.6. The van der Waals surface area contributed by atoms with E-state index in [0.29, 0.717) is 17.4 Å². The van der Waals surface area contributed by atoms with Gasteiger partial charge in [-0.1, -0.05) is 339 Å². The van der Waals surface area contributed by atoms with Crippen molar-refractivity contribution in [2.45, 2.75) is 334 Å². The fraction of sp³-hybridized carbons (Fsp3) is 0.670. The number of nitrogens with zero attached hydrogens (tertiary/aromatic N) is 1. The number of esters is 2. The molecule has 0 saturated heterocycles. The lowest BCUT2D eigenvalue weighted by Crippen LogP contribution is -2.44. The third kappa shape index (κ3) is 78.1. The molecule has 0 aromatic rings. The minimum atomic E-state index is -1.64. The molecular weight excluding hydrogens is 1200 g/mol. The van der Waals surface area contributed by atoms with Gasteiger partial charge in [-0.05, 0) is 128 Å². The van der Waals surface area contributed by atoms with Gasteiger partial charge in [0.25, 0.3) is 0 Å². The van der Waals surface area contributed by atoms with Crippen molar-refractivity contribution in [1.82, 2.24) is 0 Å². The number of likely N-dealkylation sites (N-methyl/N-ethyl adjacent to an activating group) is 1. The topological polar surface area (TPSA) is 111 Å². The monoisotopic (exact) mass is 1350 g/mol. The summed E-state index contributed by atoms with van der Waals surface area (Å²) in [5.74, 6) is -2.31. The smallest absolute Gasteiger partial charge is 0.306 e. The van der Waals surface area contributed by atoms with Gasteiger partial charge < -0.3 is 33.3 Å². The molecule has 552 valence electrons. The first-order chi connectivity index (χ1) is 47.6. The van der Waals surface area contributed by atoms with Crippen LogP contribution >= 0.6 is 0 Å². The molecule has 0 spiro atoms. The highest BCUT2D eigenvalue weighted by Gasteiger charge is 2.22. The number of aliphatic carboxylic acids is 1. The molecule has 0 aromatic heterocycles. The Morgan fingerprint density at radius 2 is 0.588 bits per heavy atom. The van der Waals surface area contributed by atoms with Crippen LogP contribution in [-0.4, -0.2) is 82.3 Å². The number of hydrogen-bond donors (Lipinski definition) is 0. The molecule has 0 aliphatic rings. The summed E-state index contributed by atoms with van der Waals surface area (Å²) in [6, 6.07) is 0. The van der Waals surface area contributed by atoms with Crippen LogP contribution < -0.4 is 5.11 Å². The molecule has 0 heterocycles. The van der Waals surface area contributed by atoms with Gasteiger partial charge in [0.2, 0.25) is 0 Å². The van der Waals surface area contributed by atoms with E-state index < -0.39 is 24.3 Å². The third-order valence-corrected chi connectivity index (χ3v) is 16.8. The number of carbonyl (C=O) groups is 3. The van der Waals surface area contributed by atoms with E-state index in [4.69, 9.17) is 18.9 Å². The van der Waals surface area contributed by atoms with Crippen LogP contribution in [0.1, 0.15) is 322 Å². The van der Waals surface area contributed by atoms with Crippen LogP contribution in [0.2, 0.25) is 0 Å². The molecule has 0 amide bonds. The molecule has 0 aliphatic heterocycles. The van der Waals surface area contributed by atoms with Crippen LogP contribution in [0.15, 0.2) is 158 Å². The Morgan fingerprint density at radius 3 is 0.876 bits per heavy atom. The van der Waals surface area contributed by atoms with Crippen molar-refractivity contribution in [2.75, 3.05) is 47.5 Å². The summed E-state index contributed by atoms with van der Waals surface area (Å²) >= 11 is 0. The van der Waals surface area contributed by atoms with Crippen molar-refractivity contribution in [2.24, 2.45) is 0 Å². The van der Waals surface area contributed by atoms with E-state index in [0.717, 1.165) is 128 Å². The standard InChI is InChI=1S/C88H147NO8/c1-6-8-10-12-14-16-18-20-22-24-26-28-30-32-34-36-38-40-41-42-43-44-45-47-49-51-53-55-57-59-61-63-65-67-69-71-73-75-77-79-86(91)97-84(83-96-88(87(92)93)94-81-80-89(3,4)5)82-95-85(90)78-76-74-72-70-68-66-64-62-60-58-56-54-52-50-48-46-39-37-35-33-31-29-27-25-23-21-19-17-15-13-11-9-7-2/h8,10,14,16,19-22,25-28,32,34,38,40,42-43,45,47,51,53,57,59,63,65,84,88H,6-7,9,11-13,15,17-18,23-24,29-31,33,35-37,39,41,44,46,48-50,52,54-56,58,60-62,64,66-83H2,1-5H3/b10-8-,16-14-,21-19-,22-20-,27-25-,28-26-,34-32-,40-38-,43-42-,47-45-,53-51-,59-57-,65-63-. The highest BCUT2D eigenvalue weighted by Crippen LogP contribution is 2.17. The Balaban J connectivity index is 4.14. The zero-order chi connectivity index (χ0) is 70.4. The van der Waals surface area contributed by atoms with Gasteiger partial charge in [0.05, 0.1) is 40.3 Å². The largest absolute Gasteiger partial charge is 0.545 e. The van der Waals surface area contributed by atoms with E-state index in [1.165, 1.54) is 161 Å². The molecule has 0 aliphatic carbocycles. The minimum absolute atomic E-state index is 0.137. The van der Waals surface area contributed by atoms with Gasteiger partial charge in [0.1, 0.15) is 13.2 Å². The number of rotatable bonds is 72. The predicted octanol–water partition coefficient (Wildman–Crippen LogP) is 24.3. The molecule has 0 radical (unpaired) electrons. The van der Waals surface area contributed by atoms with E-state index in [1.54, 1.807) is 0 Å². The van der Waals surface area contributed by atoms with Gasteiger partial charge in [-0.25, -0.2) is 0 Å². The summed E-state index contributed by atoms with van der Waals surface area (Å²) in [5, 5.41) is 11.9. The van der Waals surface area contributed by atoms with Crippen LogP contribution in [0.25, 0.3) is 0 Å². The second-order valence-electron chi connectivity index (χ2n) is 27.3. The number of allylic oxidation sites excluding steroid dienone is 26. The summed E-state index contributed by atoms with van der Waals surface area (Å²) in [6.45, 7) is 4.62. The average Bonchev–Trinajstić information content (AvgIpc) is 2.39. The van der Waals surface area contributed by atoms with Crippen molar-refractivity contribution in [3.05, 3.63) is 158 Å². The van der Waals surface area contributed by atoms with Crippen LogP contribution in [0.3, 0.4) is 0 Å². The molecule has 2 atom stereocenters. The van der Waals surface area contributed by atoms with E-state index in [-0.39, 0.29) is 38.6 Å². The number of carboxylic acid groups (broad SMARTS) is 1. The Kier molecular flexibility index (Phi) is 72.6. The molecule has 0 rings (SSSR count). The number of unbranched alkanes of at least 4 members (excludes halogenated alkanes) is 31. The van der Waals surface area contributed by atoms with Crippen molar-refractivity contribution in [1.29, 1.82) is 0 Å². The van der Waals surface area contributed by atoms with E-state index in [9.17, 15) is 19.5 Å². The number of carbonyl (C=O) groups excluding carboxylic acids is 3. The zero-order valence-electron chi connectivity index (χ0n) is 63.1. The van der Waals surface area contributed by atoms with E-state index in [1.807, 2.05) is 21.1 Å². The Labute approximate surface area is 597 Å². The summed E-state index contributed by atoms with van der Waals surface area (Å²) in [6.07, 6.45) is 111. The fourth-order valence-corrected chi connectivity index (χ4v) is 10.8. The zero-order valence-corrected chi connectivity index (χ0v) is 63.1.